The van der Waals surface area contributed by atoms with Gasteiger partial charge in [0.2, 0.25) is 0 Å². The fourth-order valence-corrected chi connectivity index (χ4v) is 2.62. The first kappa shape index (κ1) is 13.4. The standard InChI is InChI=1S/C14H8ClF2NOS/c15-9-3-1-8(2-4-9)7-20-14-18-13-11(19-14)6-5-10(16)12(13)17/h1-6H,7H2. The predicted molar refractivity (Wildman–Crippen MR) is 74.9 cm³/mol. The van der Waals surface area contributed by atoms with E-state index in [0.29, 0.717) is 16.0 Å². The van der Waals surface area contributed by atoms with Crippen LogP contribution in [0.5, 0.6) is 0 Å². The Bertz CT molecular complexity index is 758. The second-order valence-electron chi connectivity index (χ2n) is 4.10. The number of halogens is 3. The van der Waals surface area contributed by atoms with E-state index in [-0.39, 0.29) is 11.1 Å². The van der Waals surface area contributed by atoms with Crippen molar-refractivity contribution in [3.63, 3.8) is 0 Å². The summed E-state index contributed by atoms with van der Waals surface area (Å²) >= 11 is 7.11. The lowest BCUT2D eigenvalue weighted by Gasteiger charge is -1.98. The van der Waals surface area contributed by atoms with Crippen molar-refractivity contribution in [3.8, 4) is 0 Å². The van der Waals surface area contributed by atoms with Gasteiger partial charge in [-0.2, -0.15) is 0 Å². The van der Waals surface area contributed by atoms with Gasteiger partial charge in [-0.25, -0.2) is 13.8 Å². The summed E-state index contributed by atoms with van der Waals surface area (Å²) in [5, 5.41) is 0.970. The molecule has 0 amide bonds. The summed E-state index contributed by atoms with van der Waals surface area (Å²) in [7, 11) is 0. The minimum Gasteiger partial charge on any atom is -0.431 e. The van der Waals surface area contributed by atoms with Gasteiger partial charge in [0.25, 0.3) is 5.22 Å². The van der Waals surface area contributed by atoms with Crippen molar-refractivity contribution in [1.82, 2.24) is 4.98 Å². The topological polar surface area (TPSA) is 26.0 Å². The molecule has 0 aliphatic heterocycles. The fraction of sp³-hybridized carbons (Fsp3) is 0.0714. The third-order valence-corrected chi connectivity index (χ3v) is 3.86. The Balaban J connectivity index is 1.81. The van der Waals surface area contributed by atoms with Crippen molar-refractivity contribution >= 4 is 34.5 Å². The molecule has 102 valence electrons. The molecule has 0 radical (unpaired) electrons. The molecule has 0 aliphatic rings. The highest BCUT2D eigenvalue weighted by molar-refractivity contribution is 7.98. The summed E-state index contributed by atoms with van der Waals surface area (Å²) in [6.07, 6.45) is 0. The van der Waals surface area contributed by atoms with Crippen LogP contribution < -0.4 is 0 Å². The van der Waals surface area contributed by atoms with Gasteiger partial charge in [-0.3, -0.25) is 0 Å². The third kappa shape index (κ3) is 2.64. The van der Waals surface area contributed by atoms with Crippen LogP contribution in [0, 0.1) is 11.6 Å². The highest BCUT2D eigenvalue weighted by Crippen LogP contribution is 2.28. The summed E-state index contributed by atoms with van der Waals surface area (Å²) in [5.74, 6) is -1.31. The van der Waals surface area contributed by atoms with E-state index in [1.165, 1.54) is 17.8 Å². The molecule has 6 heteroatoms. The molecule has 0 saturated heterocycles. The molecule has 0 aliphatic carbocycles. The summed E-state index contributed by atoms with van der Waals surface area (Å²) in [6.45, 7) is 0. The van der Waals surface area contributed by atoms with Crippen LogP contribution in [0.1, 0.15) is 5.56 Å². The molecule has 0 atom stereocenters. The highest BCUT2D eigenvalue weighted by Gasteiger charge is 2.14. The predicted octanol–water partition coefficient (Wildman–Crippen LogP) is 5.05. The molecule has 0 N–H and O–H groups in total. The minimum atomic E-state index is -0.982. The van der Waals surface area contributed by atoms with Gasteiger partial charge in [-0.1, -0.05) is 35.5 Å². The third-order valence-electron chi connectivity index (χ3n) is 2.71. The van der Waals surface area contributed by atoms with Gasteiger partial charge >= 0.3 is 0 Å². The molecule has 0 spiro atoms. The van der Waals surface area contributed by atoms with Crippen LogP contribution >= 0.6 is 23.4 Å². The summed E-state index contributed by atoms with van der Waals surface area (Å²) in [5.41, 5.74) is 1.19. The van der Waals surface area contributed by atoms with Crippen LogP contribution in [0.25, 0.3) is 11.1 Å². The smallest absolute Gasteiger partial charge is 0.257 e. The first-order valence-electron chi connectivity index (χ1n) is 5.75. The lowest BCUT2D eigenvalue weighted by Crippen LogP contribution is -1.84. The average Bonchev–Trinajstić information content (AvgIpc) is 2.86. The molecule has 3 rings (SSSR count). The van der Waals surface area contributed by atoms with E-state index in [0.717, 1.165) is 11.6 Å². The van der Waals surface area contributed by atoms with E-state index < -0.39 is 11.6 Å². The number of hydrogen-bond acceptors (Lipinski definition) is 3. The van der Waals surface area contributed by atoms with Crippen molar-refractivity contribution in [2.24, 2.45) is 0 Å². The molecule has 1 heterocycles. The van der Waals surface area contributed by atoms with Crippen LogP contribution in [0.15, 0.2) is 46.0 Å². The van der Waals surface area contributed by atoms with Crippen LogP contribution in [0.4, 0.5) is 8.78 Å². The highest BCUT2D eigenvalue weighted by atomic mass is 35.5. The number of benzene rings is 2. The summed E-state index contributed by atoms with van der Waals surface area (Å²) < 4.78 is 31.9. The molecule has 2 nitrogen and oxygen atoms in total. The van der Waals surface area contributed by atoms with E-state index >= 15 is 0 Å². The Morgan fingerprint density at radius 3 is 2.60 bits per heavy atom. The van der Waals surface area contributed by atoms with E-state index in [4.69, 9.17) is 16.0 Å². The first-order valence-corrected chi connectivity index (χ1v) is 7.11. The molecule has 0 saturated carbocycles. The zero-order chi connectivity index (χ0) is 14.1. The fourth-order valence-electron chi connectivity index (χ4n) is 1.70. The molecule has 1 aromatic heterocycles. The zero-order valence-electron chi connectivity index (χ0n) is 10.1. The van der Waals surface area contributed by atoms with Gasteiger partial charge < -0.3 is 4.42 Å². The van der Waals surface area contributed by atoms with Crippen LogP contribution in [-0.4, -0.2) is 4.98 Å². The number of hydrogen-bond donors (Lipinski definition) is 0. The summed E-state index contributed by atoms with van der Waals surface area (Å²) in [4.78, 5) is 3.96. The van der Waals surface area contributed by atoms with Gasteiger partial charge in [-0.05, 0) is 29.8 Å². The van der Waals surface area contributed by atoms with Gasteiger partial charge in [0, 0.05) is 10.8 Å². The number of fused-ring (bicyclic) bond motifs is 1. The van der Waals surface area contributed by atoms with E-state index in [9.17, 15) is 8.78 Å². The molecule has 0 fully saturated rings. The van der Waals surface area contributed by atoms with Crippen LogP contribution in [0.2, 0.25) is 5.02 Å². The molecule has 0 bridgehead atoms. The van der Waals surface area contributed by atoms with Crippen molar-refractivity contribution < 1.29 is 13.2 Å². The van der Waals surface area contributed by atoms with Gasteiger partial charge in [0.05, 0.1) is 0 Å². The monoisotopic (exact) mass is 311 g/mol. The number of oxazole rings is 1. The molecular formula is C14H8ClF2NOS. The largest absolute Gasteiger partial charge is 0.431 e. The Kier molecular flexibility index (Phi) is 3.63. The van der Waals surface area contributed by atoms with Crippen molar-refractivity contribution in [1.29, 1.82) is 0 Å². The van der Waals surface area contributed by atoms with Gasteiger partial charge in [0.1, 0.15) is 5.52 Å². The SMILES string of the molecule is Fc1ccc2oc(SCc3ccc(Cl)cc3)nc2c1F. The molecular weight excluding hydrogens is 304 g/mol. The average molecular weight is 312 g/mol. The second-order valence-corrected chi connectivity index (χ2v) is 5.47. The van der Waals surface area contributed by atoms with E-state index in [2.05, 4.69) is 4.98 Å². The minimum absolute atomic E-state index is 0.0800. The zero-order valence-corrected chi connectivity index (χ0v) is 11.6. The second kappa shape index (κ2) is 5.42. The quantitative estimate of drug-likeness (QED) is 0.633. The van der Waals surface area contributed by atoms with Crippen molar-refractivity contribution in [2.45, 2.75) is 11.0 Å². The Morgan fingerprint density at radius 2 is 1.85 bits per heavy atom. The number of nitrogens with zero attached hydrogens (tertiary/aromatic N) is 1. The van der Waals surface area contributed by atoms with Crippen molar-refractivity contribution in [2.75, 3.05) is 0 Å². The van der Waals surface area contributed by atoms with Crippen LogP contribution in [0.3, 0.4) is 0 Å². The lowest BCUT2D eigenvalue weighted by atomic mass is 10.2. The maximum atomic E-state index is 13.5. The number of aromatic nitrogens is 1. The lowest BCUT2D eigenvalue weighted by molar-refractivity contribution is 0.488. The molecule has 20 heavy (non-hydrogen) atoms. The maximum Gasteiger partial charge on any atom is 0.257 e. The Labute approximate surface area is 122 Å². The molecule has 2 aromatic carbocycles. The van der Waals surface area contributed by atoms with Gasteiger partial charge in [0.15, 0.2) is 17.2 Å². The maximum absolute atomic E-state index is 13.5. The van der Waals surface area contributed by atoms with E-state index in [1.54, 1.807) is 12.1 Å². The van der Waals surface area contributed by atoms with Crippen LogP contribution in [-0.2, 0) is 5.75 Å². The molecule has 3 aromatic rings. The van der Waals surface area contributed by atoms with E-state index in [1.807, 2.05) is 12.1 Å². The summed E-state index contributed by atoms with van der Waals surface area (Å²) in [6, 6.07) is 9.75. The van der Waals surface area contributed by atoms with Crippen molar-refractivity contribution in [3.05, 3.63) is 58.6 Å². The Morgan fingerprint density at radius 1 is 1.10 bits per heavy atom. The Hall–Kier alpha value is -1.59. The number of rotatable bonds is 3. The first-order chi connectivity index (χ1) is 9.63. The van der Waals surface area contributed by atoms with Gasteiger partial charge in [-0.15, -0.1) is 0 Å². The normalized spacial score (nSPS) is 11.2. The number of thioether (sulfide) groups is 1. The molecule has 0 unspecified atom stereocenters.